The van der Waals surface area contributed by atoms with Crippen LogP contribution in [-0.4, -0.2) is 26.1 Å². The van der Waals surface area contributed by atoms with Crippen LogP contribution in [0, 0.1) is 5.82 Å². The molecule has 0 saturated heterocycles. The number of fused-ring (bicyclic) bond motifs is 2. The van der Waals surface area contributed by atoms with Crippen molar-refractivity contribution in [2.24, 2.45) is 7.05 Å². The van der Waals surface area contributed by atoms with Crippen molar-refractivity contribution in [3.8, 4) is 22.4 Å². The van der Waals surface area contributed by atoms with E-state index in [1.807, 2.05) is 19.2 Å². The number of benzene rings is 2. The number of rotatable bonds is 4. The topological polar surface area (TPSA) is 67.7 Å². The molecular formula is C27H23FN6. The molecule has 0 bridgehead atoms. The van der Waals surface area contributed by atoms with Gasteiger partial charge in [-0.25, -0.2) is 14.4 Å². The number of pyridine rings is 1. The summed E-state index contributed by atoms with van der Waals surface area (Å²) in [5, 5.41) is 7.84. The molecule has 0 amide bonds. The summed E-state index contributed by atoms with van der Waals surface area (Å²) >= 11 is 0. The summed E-state index contributed by atoms with van der Waals surface area (Å²) in [6.45, 7) is 1.88. The second-order valence-corrected chi connectivity index (χ2v) is 8.55. The first-order valence-electron chi connectivity index (χ1n) is 11.3. The van der Waals surface area contributed by atoms with E-state index in [9.17, 15) is 4.39 Å². The number of nitrogens with one attached hydrogen (secondary N) is 2. The highest BCUT2D eigenvalue weighted by Gasteiger charge is 2.18. The Balaban J connectivity index is 1.48. The summed E-state index contributed by atoms with van der Waals surface area (Å²) in [5.74, 6) is 0.0945. The maximum atomic E-state index is 14.0. The SMILES string of the molecule is Cn1cc(-c2nc(Nc3ccc4c(c3)CCNC4)ncc2-c2cncc(F)c2)c2ccccc21. The molecule has 2 N–H and O–H groups in total. The molecule has 6 nitrogen and oxygen atoms in total. The number of aromatic nitrogens is 4. The number of hydrogen-bond acceptors (Lipinski definition) is 5. The van der Waals surface area contributed by atoms with Gasteiger partial charge in [0.05, 0.1) is 11.9 Å². The minimum Gasteiger partial charge on any atom is -0.350 e. The number of hydrogen-bond donors (Lipinski definition) is 2. The zero-order chi connectivity index (χ0) is 23.1. The van der Waals surface area contributed by atoms with Gasteiger partial charge in [-0.3, -0.25) is 4.98 Å². The summed E-state index contributed by atoms with van der Waals surface area (Å²) in [6, 6.07) is 16.0. The Labute approximate surface area is 196 Å². The first-order chi connectivity index (χ1) is 16.7. The smallest absolute Gasteiger partial charge is 0.227 e. The van der Waals surface area contributed by atoms with E-state index in [-0.39, 0.29) is 0 Å². The van der Waals surface area contributed by atoms with Gasteiger partial charge >= 0.3 is 0 Å². The minimum absolute atomic E-state index is 0.396. The maximum Gasteiger partial charge on any atom is 0.227 e. The van der Waals surface area contributed by atoms with Crippen LogP contribution in [0.5, 0.6) is 0 Å². The fourth-order valence-electron chi connectivity index (χ4n) is 4.63. The summed E-state index contributed by atoms with van der Waals surface area (Å²) in [7, 11) is 2.01. The number of para-hydroxylation sites is 1. The van der Waals surface area contributed by atoms with Gasteiger partial charge in [0.25, 0.3) is 0 Å². The molecule has 3 aromatic heterocycles. The third kappa shape index (κ3) is 3.70. The van der Waals surface area contributed by atoms with E-state index in [4.69, 9.17) is 4.98 Å². The van der Waals surface area contributed by atoms with E-state index in [1.54, 1.807) is 12.4 Å². The summed E-state index contributed by atoms with van der Waals surface area (Å²) in [6.07, 6.45) is 7.63. The Kier molecular flexibility index (Phi) is 5.04. The van der Waals surface area contributed by atoms with E-state index in [0.29, 0.717) is 11.5 Å². The molecule has 0 aliphatic carbocycles. The molecule has 0 atom stereocenters. The molecule has 0 unspecified atom stereocenters. The summed E-state index contributed by atoms with van der Waals surface area (Å²) < 4.78 is 16.1. The molecule has 2 aromatic carbocycles. The molecule has 1 aliphatic rings. The van der Waals surface area contributed by atoms with Gasteiger partial charge in [-0.2, -0.15) is 0 Å². The van der Waals surface area contributed by atoms with Crippen molar-refractivity contribution >= 4 is 22.5 Å². The van der Waals surface area contributed by atoms with Gasteiger partial charge in [0.1, 0.15) is 5.82 Å². The van der Waals surface area contributed by atoms with E-state index in [1.165, 1.54) is 23.4 Å². The highest BCUT2D eigenvalue weighted by molar-refractivity contribution is 5.98. The van der Waals surface area contributed by atoms with Crippen molar-refractivity contribution in [3.05, 3.63) is 90.3 Å². The Morgan fingerprint density at radius 2 is 1.91 bits per heavy atom. The Morgan fingerprint density at radius 3 is 2.82 bits per heavy atom. The molecule has 0 spiro atoms. The van der Waals surface area contributed by atoms with Gasteiger partial charge in [-0.15, -0.1) is 0 Å². The lowest BCUT2D eigenvalue weighted by molar-refractivity contribution is 0.622. The maximum absolute atomic E-state index is 14.0. The van der Waals surface area contributed by atoms with Crippen molar-refractivity contribution in [1.82, 2.24) is 24.8 Å². The number of anilines is 2. The van der Waals surface area contributed by atoms with Crippen LogP contribution >= 0.6 is 0 Å². The average Bonchev–Trinajstić information content (AvgIpc) is 3.20. The van der Waals surface area contributed by atoms with Crippen LogP contribution in [0.15, 0.2) is 73.3 Å². The lowest BCUT2D eigenvalue weighted by Gasteiger charge is -2.18. The molecule has 4 heterocycles. The van der Waals surface area contributed by atoms with Crippen molar-refractivity contribution in [2.45, 2.75) is 13.0 Å². The van der Waals surface area contributed by atoms with E-state index >= 15 is 0 Å². The molecule has 5 aromatic rings. The summed E-state index contributed by atoms with van der Waals surface area (Å²) in [4.78, 5) is 13.5. The third-order valence-electron chi connectivity index (χ3n) is 6.31. The fourth-order valence-corrected chi connectivity index (χ4v) is 4.63. The predicted molar refractivity (Wildman–Crippen MR) is 132 cm³/mol. The van der Waals surface area contributed by atoms with Crippen molar-refractivity contribution in [3.63, 3.8) is 0 Å². The quantitative estimate of drug-likeness (QED) is 0.393. The van der Waals surface area contributed by atoms with E-state index in [0.717, 1.165) is 52.9 Å². The molecule has 168 valence electrons. The normalized spacial score (nSPS) is 13.1. The van der Waals surface area contributed by atoms with Gasteiger partial charge in [0.15, 0.2) is 0 Å². The monoisotopic (exact) mass is 450 g/mol. The molecule has 7 heteroatoms. The Bertz CT molecular complexity index is 1520. The number of aryl methyl sites for hydroxylation is 1. The predicted octanol–water partition coefficient (Wildman–Crippen LogP) is 5.23. The minimum atomic E-state index is -0.396. The molecule has 34 heavy (non-hydrogen) atoms. The Hall–Kier alpha value is -4.10. The van der Waals surface area contributed by atoms with Gasteiger partial charge in [0.2, 0.25) is 5.95 Å². The van der Waals surface area contributed by atoms with Crippen LogP contribution in [0.2, 0.25) is 0 Å². The molecule has 6 rings (SSSR count). The largest absolute Gasteiger partial charge is 0.350 e. The van der Waals surface area contributed by atoms with Crippen molar-refractivity contribution < 1.29 is 4.39 Å². The van der Waals surface area contributed by atoms with Crippen LogP contribution in [-0.2, 0) is 20.0 Å². The van der Waals surface area contributed by atoms with E-state index in [2.05, 4.69) is 61.7 Å². The van der Waals surface area contributed by atoms with Crippen LogP contribution in [0.1, 0.15) is 11.1 Å². The molecular weight excluding hydrogens is 427 g/mol. The van der Waals surface area contributed by atoms with Crippen LogP contribution in [0.4, 0.5) is 16.0 Å². The molecule has 0 fully saturated rings. The number of nitrogens with zero attached hydrogens (tertiary/aromatic N) is 4. The molecule has 0 saturated carbocycles. The fraction of sp³-hybridized carbons (Fsp3) is 0.148. The third-order valence-corrected chi connectivity index (χ3v) is 6.31. The summed E-state index contributed by atoms with van der Waals surface area (Å²) in [5.41, 5.74) is 7.75. The molecule has 1 aliphatic heterocycles. The lowest BCUT2D eigenvalue weighted by Crippen LogP contribution is -2.23. The highest BCUT2D eigenvalue weighted by Crippen LogP contribution is 2.36. The zero-order valence-corrected chi connectivity index (χ0v) is 18.7. The second-order valence-electron chi connectivity index (χ2n) is 8.55. The first kappa shape index (κ1) is 20.5. The van der Waals surface area contributed by atoms with E-state index < -0.39 is 5.82 Å². The van der Waals surface area contributed by atoms with Crippen LogP contribution in [0.25, 0.3) is 33.3 Å². The van der Waals surface area contributed by atoms with Gasteiger partial charge in [-0.05, 0) is 48.4 Å². The van der Waals surface area contributed by atoms with Gasteiger partial charge in [0, 0.05) is 65.5 Å². The number of halogens is 1. The van der Waals surface area contributed by atoms with Crippen LogP contribution in [0.3, 0.4) is 0 Å². The van der Waals surface area contributed by atoms with Crippen molar-refractivity contribution in [2.75, 3.05) is 11.9 Å². The molecule has 0 radical (unpaired) electrons. The zero-order valence-electron chi connectivity index (χ0n) is 18.7. The second kappa shape index (κ2) is 8.35. The van der Waals surface area contributed by atoms with Crippen molar-refractivity contribution in [1.29, 1.82) is 0 Å². The van der Waals surface area contributed by atoms with Crippen LogP contribution < -0.4 is 10.6 Å². The van der Waals surface area contributed by atoms with Gasteiger partial charge in [-0.1, -0.05) is 24.3 Å². The van der Waals surface area contributed by atoms with Gasteiger partial charge < -0.3 is 15.2 Å². The highest BCUT2D eigenvalue weighted by atomic mass is 19.1. The lowest BCUT2D eigenvalue weighted by atomic mass is 10.0. The standard InChI is InChI=1S/C27H23FN6/c1-34-16-24(22-4-2-3-5-25(22)34)26-23(19-10-20(28)14-30-13-19)15-31-27(33-26)32-21-7-6-18-12-29-9-8-17(18)11-21/h2-7,10-11,13-16,29H,8-9,12H2,1H3,(H,31,32,33). The Morgan fingerprint density at radius 1 is 1.00 bits per heavy atom. The average molecular weight is 451 g/mol. The first-order valence-corrected chi connectivity index (χ1v) is 11.3.